The van der Waals surface area contributed by atoms with Crippen LogP contribution in [0.2, 0.25) is 0 Å². The summed E-state index contributed by atoms with van der Waals surface area (Å²) in [7, 11) is 0. The van der Waals surface area contributed by atoms with Crippen LogP contribution in [0.5, 0.6) is 5.75 Å². The average molecular weight is 356 g/mol. The molecule has 0 aliphatic carbocycles. The molecule has 2 aromatic rings. The van der Waals surface area contributed by atoms with Crippen LogP contribution in [0, 0.1) is 32.1 Å². The fourth-order valence-electron chi connectivity index (χ4n) is 2.67. The first kappa shape index (κ1) is 19.1. The Morgan fingerprint density at radius 2 is 1.81 bits per heavy atom. The smallest absolute Gasteiger partial charge is 0.387 e. The van der Waals surface area contributed by atoms with E-state index in [2.05, 4.69) is 10.1 Å². The Kier molecular flexibility index (Phi) is 6.07. The van der Waals surface area contributed by atoms with E-state index >= 15 is 0 Å². The molecular formula is C20H18F2N2O2. The molecule has 0 atom stereocenters. The van der Waals surface area contributed by atoms with E-state index in [4.69, 9.17) is 0 Å². The number of anilines is 1. The molecule has 0 spiro atoms. The zero-order chi connectivity index (χ0) is 19.3. The summed E-state index contributed by atoms with van der Waals surface area (Å²) in [5.74, 6) is -0.722. The van der Waals surface area contributed by atoms with Crippen LogP contribution >= 0.6 is 0 Å². The van der Waals surface area contributed by atoms with Gasteiger partial charge < -0.3 is 10.1 Å². The van der Waals surface area contributed by atoms with Crippen molar-refractivity contribution < 1.29 is 18.3 Å². The predicted molar refractivity (Wildman–Crippen MR) is 95.9 cm³/mol. The molecule has 1 N–H and O–H groups in total. The van der Waals surface area contributed by atoms with Gasteiger partial charge in [-0.25, -0.2) is 0 Å². The number of amides is 1. The van der Waals surface area contributed by atoms with E-state index in [1.807, 2.05) is 39.0 Å². The number of nitrogens with zero attached hydrogens (tertiary/aromatic N) is 1. The normalized spacial score (nSPS) is 11.2. The van der Waals surface area contributed by atoms with E-state index < -0.39 is 12.5 Å². The van der Waals surface area contributed by atoms with Gasteiger partial charge in [-0.1, -0.05) is 35.9 Å². The van der Waals surface area contributed by atoms with Crippen LogP contribution in [0.25, 0.3) is 6.08 Å². The van der Waals surface area contributed by atoms with Crippen LogP contribution in [0.1, 0.15) is 22.3 Å². The number of hydrogen-bond acceptors (Lipinski definition) is 3. The van der Waals surface area contributed by atoms with Crippen molar-refractivity contribution in [1.82, 2.24) is 0 Å². The number of carbonyl (C=O) groups is 1. The van der Waals surface area contributed by atoms with Crippen molar-refractivity contribution in [2.75, 3.05) is 5.32 Å². The minimum Gasteiger partial charge on any atom is -0.434 e. The second kappa shape index (κ2) is 8.26. The van der Waals surface area contributed by atoms with Gasteiger partial charge in [0.2, 0.25) is 0 Å². The molecule has 134 valence electrons. The maximum Gasteiger partial charge on any atom is 0.387 e. The molecule has 6 heteroatoms. The number of benzene rings is 2. The van der Waals surface area contributed by atoms with Gasteiger partial charge in [-0.15, -0.1) is 0 Å². The lowest BCUT2D eigenvalue weighted by Crippen LogP contribution is -2.15. The Bertz CT molecular complexity index is 876. The molecule has 2 rings (SSSR count). The van der Waals surface area contributed by atoms with Gasteiger partial charge in [-0.2, -0.15) is 14.0 Å². The van der Waals surface area contributed by atoms with Gasteiger partial charge in [0.1, 0.15) is 17.4 Å². The second-order valence-electron chi connectivity index (χ2n) is 5.81. The van der Waals surface area contributed by atoms with Crippen LogP contribution in [0.15, 0.2) is 42.0 Å². The predicted octanol–water partition coefficient (Wildman–Crippen LogP) is 4.76. The van der Waals surface area contributed by atoms with Gasteiger partial charge in [0.25, 0.3) is 5.91 Å². The third-order valence-corrected chi connectivity index (χ3v) is 3.72. The maximum absolute atomic E-state index is 12.5. The highest BCUT2D eigenvalue weighted by atomic mass is 19.3. The zero-order valence-electron chi connectivity index (χ0n) is 14.6. The SMILES string of the molecule is Cc1cc(C)c(NC(=O)/C(C#N)=C/c2ccccc2OC(F)F)c(C)c1. The van der Waals surface area contributed by atoms with E-state index in [1.54, 1.807) is 6.07 Å². The Morgan fingerprint density at radius 3 is 2.38 bits per heavy atom. The summed E-state index contributed by atoms with van der Waals surface area (Å²) in [6, 6.07) is 11.6. The first-order chi connectivity index (χ1) is 12.3. The minimum atomic E-state index is -3.00. The summed E-state index contributed by atoms with van der Waals surface area (Å²) < 4.78 is 29.4. The van der Waals surface area contributed by atoms with E-state index in [0.29, 0.717) is 5.69 Å². The average Bonchev–Trinajstić information content (AvgIpc) is 2.56. The van der Waals surface area contributed by atoms with Crippen molar-refractivity contribution in [1.29, 1.82) is 5.26 Å². The summed E-state index contributed by atoms with van der Waals surface area (Å²) in [5, 5.41) is 12.0. The number of nitrogens with one attached hydrogen (secondary N) is 1. The largest absolute Gasteiger partial charge is 0.434 e. The molecule has 0 aromatic heterocycles. The number of carbonyl (C=O) groups excluding carboxylic acids is 1. The van der Waals surface area contributed by atoms with Gasteiger partial charge in [-0.3, -0.25) is 4.79 Å². The van der Waals surface area contributed by atoms with Gasteiger partial charge in [0, 0.05) is 11.3 Å². The lowest BCUT2D eigenvalue weighted by molar-refractivity contribution is -0.112. The maximum atomic E-state index is 12.5. The lowest BCUT2D eigenvalue weighted by Gasteiger charge is -2.13. The number of rotatable bonds is 5. The number of halogens is 2. The molecule has 0 saturated carbocycles. The first-order valence-electron chi connectivity index (χ1n) is 7.86. The first-order valence-corrected chi connectivity index (χ1v) is 7.86. The van der Waals surface area contributed by atoms with Crippen LogP contribution in [-0.2, 0) is 4.79 Å². The molecule has 4 nitrogen and oxygen atoms in total. The van der Waals surface area contributed by atoms with Crippen LogP contribution in [-0.4, -0.2) is 12.5 Å². The zero-order valence-corrected chi connectivity index (χ0v) is 14.6. The molecule has 0 heterocycles. The molecule has 0 fully saturated rings. The van der Waals surface area contributed by atoms with Gasteiger partial charge >= 0.3 is 6.61 Å². The molecule has 0 unspecified atom stereocenters. The number of nitriles is 1. The third kappa shape index (κ3) is 4.67. The molecule has 26 heavy (non-hydrogen) atoms. The van der Waals surface area contributed by atoms with Crippen molar-refractivity contribution in [2.45, 2.75) is 27.4 Å². The molecule has 0 bridgehead atoms. The Labute approximate surface area is 150 Å². The van der Waals surface area contributed by atoms with E-state index in [1.165, 1.54) is 24.3 Å². The van der Waals surface area contributed by atoms with Crippen LogP contribution < -0.4 is 10.1 Å². The summed E-state index contributed by atoms with van der Waals surface area (Å²) in [5.41, 5.74) is 3.43. The highest BCUT2D eigenvalue weighted by Crippen LogP contribution is 2.25. The van der Waals surface area contributed by atoms with E-state index in [0.717, 1.165) is 16.7 Å². The highest BCUT2D eigenvalue weighted by molar-refractivity contribution is 6.10. The molecule has 0 aliphatic heterocycles. The van der Waals surface area contributed by atoms with Crippen LogP contribution in [0.4, 0.5) is 14.5 Å². The fraction of sp³-hybridized carbons (Fsp3) is 0.200. The molecular weight excluding hydrogens is 338 g/mol. The van der Waals surface area contributed by atoms with Gasteiger partial charge in [-0.05, 0) is 44.0 Å². The number of ether oxygens (including phenoxy) is 1. The summed E-state index contributed by atoms with van der Waals surface area (Å²) >= 11 is 0. The van der Waals surface area contributed by atoms with Crippen molar-refractivity contribution in [3.05, 3.63) is 64.2 Å². The number of aryl methyl sites for hydroxylation is 3. The van der Waals surface area contributed by atoms with Crippen molar-refractivity contribution in [3.63, 3.8) is 0 Å². The highest BCUT2D eigenvalue weighted by Gasteiger charge is 2.15. The quantitative estimate of drug-likeness (QED) is 0.621. The Morgan fingerprint density at radius 1 is 1.19 bits per heavy atom. The third-order valence-electron chi connectivity index (χ3n) is 3.72. The fourth-order valence-corrected chi connectivity index (χ4v) is 2.67. The van der Waals surface area contributed by atoms with E-state index in [9.17, 15) is 18.8 Å². The van der Waals surface area contributed by atoms with Crippen LogP contribution in [0.3, 0.4) is 0 Å². The molecule has 0 radical (unpaired) electrons. The summed E-state index contributed by atoms with van der Waals surface area (Å²) in [6.07, 6.45) is 1.23. The topological polar surface area (TPSA) is 62.1 Å². The minimum absolute atomic E-state index is 0.106. The molecule has 0 aliphatic rings. The number of para-hydroxylation sites is 1. The molecule has 2 aromatic carbocycles. The molecule has 1 amide bonds. The van der Waals surface area contributed by atoms with Gasteiger partial charge in [0.05, 0.1) is 0 Å². The van der Waals surface area contributed by atoms with Crippen molar-refractivity contribution >= 4 is 17.7 Å². The van der Waals surface area contributed by atoms with Gasteiger partial charge in [0.15, 0.2) is 0 Å². The standard InChI is InChI=1S/C20H18F2N2O2/c1-12-8-13(2)18(14(3)9-12)24-19(25)16(11-23)10-15-6-4-5-7-17(15)26-20(21)22/h4-10,20H,1-3H3,(H,24,25)/b16-10+. The monoisotopic (exact) mass is 356 g/mol. The Balaban J connectivity index is 2.33. The second-order valence-corrected chi connectivity index (χ2v) is 5.81. The number of hydrogen-bond donors (Lipinski definition) is 1. The van der Waals surface area contributed by atoms with E-state index in [-0.39, 0.29) is 16.9 Å². The summed E-state index contributed by atoms with van der Waals surface area (Å²) in [4.78, 5) is 12.5. The van der Waals surface area contributed by atoms with Crippen molar-refractivity contribution in [3.8, 4) is 11.8 Å². The summed E-state index contributed by atoms with van der Waals surface area (Å²) in [6.45, 7) is 2.67. The Hall–Kier alpha value is -3.20. The lowest BCUT2D eigenvalue weighted by atomic mass is 10.0. The molecule has 0 saturated heterocycles. The number of alkyl halides is 2. The van der Waals surface area contributed by atoms with Crippen molar-refractivity contribution in [2.24, 2.45) is 0 Å².